The molecular formula is C25H27ClN2O2. The second kappa shape index (κ2) is 9.88. The first-order valence-electron chi connectivity index (χ1n) is 10.4. The normalized spacial score (nSPS) is 14.5. The van der Waals surface area contributed by atoms with E-state index in [0.29, 0.717) is 11.6 Å². The molecule has 4 nitrogen and oxygen atoms in total. The summed E-state index contributed by atoms with van der Waals surface area (Å²) in [6.45, 7) is 7.64. The molecule has 0 saturated carbocycles. The summed E-state index contributed by atoms with van der Waals surface area (Å²) in [5.74, 6) is 2.61. The third-order valence-corrected chi connectivity index (χ3v) is 5.48. The van der Waals surface area contributed by atoms with Gasteiger partial charge in [0.2, 0.25) is 0 Å². The lowest BCUT2D eigenvalue weighted by atomic mass is 10.1. The molecule has 3 aromatic carbocycles. The number of hydrogen-bond acceptors (Lipinski definition) is 4. The molecule has 1 fully saturated rings. The Hall–Kier alpha value is -2.69. The van der Waals surface area contributed by atoms with Crippen molar-refractivity contribution in [2.75, 3.05) is 37.7 Å². The number of para-hydroxylation sites is 2. The predicted octanol–water partition coefficient (Wildman–Crippen LogP) is 5.85. The maximum absolute atomic E-state index is 5.97. The van der Waals surface area contributed by atoms with Crippen LogP contribution in [-0.2, 0) is 6.54 Å². The molecule has 5 heteroatoms. The van der Waals surface area contributed by atoms with Gasteiger partial charge < -0.3 is 14.4 Å². The van der Waals surface area contributed by atoms with E-state index in [2.05, 4.69) is 46.2 Å². The van der Waals surface area contributed by atoms with Crippen molar-refractivity contribution in [2.45, 2.75) is 13.5 Å². The minimum absolute atomic E-state index is 0.686. The molecule has 0 spiro atoms. The zero-order valence-electron chi connectivity index (χ0n) is 17.3. The maximum atomic E-state index is 5.97. The molecule has 3 aromatic rings. The molecule has 1 aliphatic rings. The van der Waals surface area contributed by atoms with Crippen molar-refractivity contribution in [3.63, 3.8) is 0 Å². The highest BCUT2D eigenvalue weighted by Crippen LogP contribution is 2.29. The van der Waals surface area contributed by atoms with E-state index >= 15 is 0 Å². The summed E-state index contributed by atoms with van der Waals surface area (Å²) >= 11 is 5.95. The SMILES string of the molecule is CCOc1ccccc1N1CCN(Cc2cccc(Oc3ccc(Cl)cc3)c2)CC1. The van der Waals surface area contributed by atoms with Crippen LogP contribution in [0.4, 0.5) is 5.69 Å². The summed E-state index contributed by atoms with van der Waals surface area (Å²) in [5, 5.41) is 0.708. The number of piperazine rings is 1. The molecule has 4 rings (SSSR count). The number of rotatable bonds is 7. The average molecular weight is 423 g/mol. The molecule has 0 atom stereocenters. The largest absolute Gasteiger partial charge is 0.492 e. The zero-order chi connectivity index (χ0) is 20.8. The van der Waals surface area contributed by atoms with Crippen LogP contribution in [0.5, 0.6) is 17.2 Å². The lowest BCUT2D eigenvalue weighted by molar-refractivity contribution is 0.248. The Balaban J connectivity index is 1.35. The van der Waals surface area contributed by atoms with Crippen molar-refractivity contribution in [1.82, 2.24) is 4.90 Å². The van der Waals surface area contributed by atoms with Crippen molar-refractivity contribution in [2.24, 2.45) is 0 Å². The average Bonchev–Trinajstić information content (AvgIpc) is 2.77. The van der Waals surface area contributed by atoms with Gasteiger partial charge in [0, 0.05) is 37.7 Å². The topological polar surface area (TPSA) is 24.9 Å². The van der Waals surface area contributed by atoms with Gasteiger partial charge in [-0.05, 0) is 61.0 Å². The first-order chi connectivity index (χ1) is 14.7. The third kappa shape index (κ3) is 5.26. The lowest BCUT2D eigenvalue weighted by Gasteiger charge is -2.36. The number of halogens is 1. The van der Waals surface area contributed by atoms with Crippen molar-refractivity contribution in [3.05, 3.63) is 83.4 Å². The molecule has 1 aliphatic heterocycles. The van der Waals surface area contributed by atoms with Crippen LogP contribution < -0.4 is 14.4 Å². The summed E-state index contributed by atoms with van der Waals surface area (Å²) in [5.41, 5.74) is 2.45. The smallest absolute Gasteiger partial charge is 0.142 e. The van der Waals surface area contributed by atoms with E-state index in [-0.39, 0.29) is 0 Å². The van der Waals surface area contributed by atoms with Crippen molar-refractivity contribution >= 4 is 17.3 Å². The van der Waals surface area contributed by atoms with Gasteiger partial charge in [0.15, 0.2) is 0 Å². The fourth-order valence-corrected chi connectivity index (χ4v) is 3.87. The van der Waals surface area contributed by atoms with E-state index in [0.717, 1.165) is 50.0 Å². The number of anilines is 1. The van der Waals surface area contributed by atoms with Gasteiger partial charge >= 0.3 is 0 Å². The van der Waals surface area contributed by atoms with Crippen LogP contribution in [0.15, 0.2) is 72.8 Å². The predicted molar refractivity (Wildman–Crippen MR) is 123 cm³/mol. The number of ether oxygens (including phenoxy) is 2. The Labute approximate surface area is 183 Å². The first kappa shape index (κ1) is 20.6. The molecule has 0 aromatic heterocycles. The van der Waals surface area contributed by atoms with E-state index in [1.807, 2.05) is 43.3 Å². The maximum Gasteiger partial charge on any atom is 0.142 e. The molecule has 156 valence electrons. The van der Waals surface area contributed by atoms with E-state index in [9.17, 15) is 0 Å². The van der Waals surface area contributed by atoms with Crippen LogP contribution in [0, 0.1) is 0 Å². The Morgan fingerprint density at radius 2 is 1.60 bits per heavy atom. The molecule has 0 aliphatic carbocycles. The van der Waals surface area contributed by atoms with Crippen LogP contribution in [0.3, 0.4) is 0 Å². The molecule has 0 amide bonds. The summed E-state index contributed by atoms with van der Waals surface area (Å²) < 4.78 is 11.8. The molecule has 1 heterocycles. The highest BCUT2D eigenvalue weighted by atomic mass is 35.5. The standard InChI is InChI=1S/C25H27ClN2O2/c1-2-29-25-9-4-3-8-24(25)28-16-14-27(15-17-28)19-20-6-5-7-23(18-20)30-22-12-10-21(26)11-13-22/h3-13,18H,2,14-17,19H2,1H3. The van der Waals surface area contributed by atoms with Gasteiger partial charge in [-0.1, -0.05) is 35.9 Å². The Morgan fingerprint density at radius 3 is 2.37 bits per heavy atom. The van der Waals surface area contributed by atoms with E-state index < -0.39 is 0 Å². The zero-order valence-corrected chi connectivity index (χ0v) is 18.0. The lowest BCUT2D eigenvalue weighted by Crippen LogP contribution is -2.46. The van der Waals surface area contributed by atoms with Gasteiger partial charge in [-0.25, -0.2) is 0 Å². The van der Waals surface area contributed by atoms with Crippen molar-refractivity contribution in [3.8, 4) is 17.2 Å². The van der Waals surface area contributed by atoms with Crippen LogP contribution in [0.25, 0.3) is 0 Å². The van der Waals surface area contributed by atoms with Crippen LogP contribution >= 0.6 is 11.6 Å². The number of benzene rings is 3. The van der Waals surface area contributed by atoms with E-state index in [4.69, 9.17) is 21.1 Å². The minimum atomic E-state index is 0.686. The van der Waals surface area contributed by atoms with E-state index in [1.165, 1.54) is 11.3 Å². The van der Waals surface area contributed by atoms with Gasteiger partial charge in [-0.15, -0.1) is 0 Å². The molecule has 0 unspecified atom stereocenters. The molecule has 1 saturated heterocycles. The molecule has 0 radical (unpaired) electrons. The van der Waals surface area contributed by atoms with Crippen molar-refractivity contribution in [1.29, 1.82) is 0 Å². The summed E-state index contributed by atoms with van der Waals surface area (Å²) in [6, 6.07) is 24.1. The molecule has 0 N–H and O–H groups in total. The minimum Gasteiger partial charge on any atom is -0.492 e. The van der Waals surface area contributed by atoms with Crippen LogP contribution in [0.2, 0.25) is 5.02 Å². The first-order valence-corrected chi connectivity index (χ1v) is 10.8. The number of nitrogens with zero attached hydrogens (tertiary/aromatic N) is 2. The molecular weight excluding hydrogens is 396 g/mol. The fraction of sp³-hybridized carbons (Fsp3) is 0.280. The summed E-state index contributed by atoms with van der Waals surface area (Å²) in [6.07, 6.45) is 0. The third-order valence-electron chi connectivity index (χ3n) is 5.23. The monoisotopic (exact) mass is 422 g/mol. The highest BCUT2D eigenvalue weighted by molar-refractivity contribution is 6.30. The second-order valence-electron chi connectivity index (χ2n) is 7.37. The summed E-state index contributed by atoms with van der Waals surface area (Å²) in [7, 11) is 0. The summed E-state index contributed by atoms with van der Waals surface area (Å²) in [4.78, 5) is 4.91. The number of hydrogen-bond donors (Lipinski definition) is 0. The van der Waals surface area contributed by atoms with Crippen LogP contribution in [-0.4, -0.2) is 37.7 Å². The molecule has 0 bridgehead atoms. The Bertz CT molecular complexity index is 953. The van der Waals surface area contributed by atoms with Gasteiger partial charge in [0.1, 0.15) is 17.2 Å². The van der Waals surface area contributed by atoms with Gasteiger partial charge in [-0.2, -0.15) is 0 Å². The van der Waals surface area contributed by atoms with Gasteiger partial charge in [-0.3, -0.25) is 4.90 Å². The highest BCUT2D eigenvalue weighted by Gasteiger charge is 2.19. The Morgan fingerprint density at radius 1 is 0.833 bits per heavy atom. The van der Waals surface area contributed by atoms with Gasteiger partial charge in [0.25, 0.3) is 0 Å². The van der Waals surface area contributed by atoms with Crippen LogP contribution in [0.1, 0.15) is 12.5 Å². The van der Waals surface area contributed by atoms with E-state index in [1.54, 1.807) is 0 Å². The second-order valence-corrected chi connectivity index (χ2v) is 7.80. The fourth-order valence-electron chi connectivity index (χ4n) is 3.75. The van der Waals surface area contributed by atoms with Crippen molar-refractivity contribution < 1.29 is 9.47 Å². The quantitative estimate of drug-likeness (QED) is 0.476. The molecule has 30 heavy (non-hydrogen) atoms. The Kier molecular flexibility index (Phi) is 6.77. The van der Waals surface area contributed by atoms with Gasteiger partial charge in [0.05, 0.1) is 12.3 Å².